The largest absolute Gasteiger partial charge is 0.313 e. The summed E-state index contributed by atoms with van der Waals surface area (Å²) >= 11 is 0. The molecule has 1 fully saturated rings. The molecule has 96 valence electrons. The molecule has 0 aliphatic carbocycles. The van der Waals surface area contributed by atoms with E-state index in [9.17, 15) is 0 Å². The Morgan fingerprint density at radius 2 is 2.06 bits per heavy atom. The Labute approximate surface area is 102 Å². The molecule has 1 aliphatic rings. The van der Waals surface area contributed by atoms with E-state index in [1.54, 1.807) is 0 Å². The topological polar surface area (TPSA) is 15.3 Å². The summed E-state index contributed by atoms with van der Waals surface area (Å²) in [5.41, 5.74) is 0. The molecular formula is C14H30N2. The second-order valence-corrected chi connectivity index (χ2v) is 5.74. The van der Waals surface area contributed by atoms with Crippen LogP contribution < -0.4 is 5.32 Å². The first-order chi connectivity index (χ1) is 7.63. The highest BCUT2D eigenvalue weighted by atomic mass is 15.2. The molecule has 1 rings (SSSR count). The van der Waals surface area contributed by atoms with Gasteiger partial charge in [0.15, 0.2) is 0 Å². The predicted molar refractivity (Wildman–Crippen MR) is 71.8 cm³/mol. The summed E-state index contributed by atoms with van der Waals surface area (Å²) in [5, 5.41) is 3.61. The predicted octanol–water partition coefficient (Wildman–Crippen LogP) is 2.74. The van der Waals surface area contributed by atoms with E-state index in [0.29, 0.717) is 6.04 Å². The minimum absolute atomic E-state index is 0.688. The van der Waals surface area contributed by atoms with Crippen LogP contribution in [0.5, 0.6) is 0 Å². The zero-order chi connectivity index (χ0) is 12.0. The van der Waals surface area contributed by atoms with Crippen LogP contribution in [0.2, 0.25) is 0 Å². The molecule has 2 atom stereocenters. The number of likely N-dealkylation sites (tertiary alicyclic amines) is 1. The van der Waals surface area contributed by atoms with Crippen LogP contribution in [0.3, 0.4) is 0 Å². The Balaban J connectivity index is 2.06. The van der Waals surface area contributed by atoms with Crippen LogP contribution in [0.1, 0.15) is 47.0 Å². The second-order valence-electron chi connectivity index (χ2n) is 5.74. The Kier molecular flexibility index (Phi) is 6.37. The van der Waals surface area contributed by atoms with Crippen molar-refractivity contribution in [3.05, 3.63) is 0 Å². The Bertz CT molecular complexity index is 180. The highest BCUT2D eigenvalue weighted by molar-refractivity contribution is 4.78. The molecule has 0 spiro atoms. The average molecular weight is 226 g/mol. The summed E-state index contributed by atoms with van der Waals surface area (Å²) in [5.74, 6) is 1.80. The van der Waals surface area contributed by atoms with Crippen molar-refractivity contribution < 1.29 is 0 Å². The third-order valence-corrected chi connectivity index (χ3v) is 3.89. The van der Waals surface area contributed by atoms with Crippen LogP contribution in [0.15, 0.2) is 0 Å². The van der Waals surface area contributed by atoms with E-state index in [4.69, 9.17) is 0 Å². The van der Waals surface area contributed by atoms with Crippen LogP contribution in [0.25, 0.3) is 0 Å². The standard InChI is InChI=1S/C14H30N2/c1-5-6-13(4)15-8-10-16-9-7-14(11-16)12(2)3/h12-15H,5-11H2,1-4H3. The van der Waals surface area contributed by atoms with Crippen molar-refractivity contribution in [2.45, 2.75) is 53.0 Å². The molecule has 0 aromatic rings. The molecule has 1 heterocycles. The van der Waals surface area contributed by atoms with Crippen LogP contribution in [0, 0.1) is 11.8 Å². The summed E-state index contributed by atoms with van der Waals surface area (Å²) < 4.78 is 0. The van der Waals surface area contributed by atoms with Crippen molar-refractivity contribution in [1.82, 2.24) is 10.2 Å². The van der Waals surface area contributed by atoms with E-state index in [1.807, 2.05) is 0 Å². The summed E-state index contributed by atoms with van der Waals surface area (Å²) in [7, 11) is 0. The van der Waals surface area contributed by atoms with Crippen molar-refractivity contribution in [1.29, 1.82) is 0 Å². The molecule has 0 radical (unpaired) electrons. The van der Waals surface area contributed by atoms with Crippen molar-refractivity contribution in [3.8, 4) is 0 Å². The van der Waals surface area contributed by atoms with Gasteiger partial charge in [0, 0.05) is 25.7 Å². The first-order valence-electron chi connectivity index (χ1n) is 7.09. The Hall–Kier alpha value is -0.0800. The lowest BCUT2D eigenvalue weighted by molar-refractivity contribution is 0.297. The highest BCUT2D eigenvalue weighted by Crippen LogP contribution is 2.22. The minimum Gasteiger partial charge on any atom is -0.313 e. The van der Waals surface area contributed by atoms with Crippen molar-refractivity contribution in [3.63, 3.8) is 0 Å². The maximum Gasteiger partial charge on any atom is 0.0107 e. The number of hydrogen-bond acceptors (Lipinski definition) is 2. The number of hydrogen-bond donors (Lipinski definition) is 1. The van der Waals surface area contributed by atoms with Gasteiger partial charge >= 0.3 is 0 Å². The van der Waals surface area contributed by atoms with E-state index in [2.05, 4.69) is 37.9 Å². The third-order valence-electron chi connectivity index (χ3n) is 3.89. The zero-order valence-electron chi connectivity index (χ0n) is 11.6. The monoisotopic (exact) mass is 226 g/mol. The van der Waals surface area contributed by atoms with Gasteiger partial charge in [-0.3, -0.25) is 0 Å². The molecule has 2 heteroatoms. The maximum absolute atomic E-state index is 3.61. The molecule has 1 aliphatic heterocycles. The molecule has 1 saturated heterocycles. The zero-order valence-corrected chi connectivity index (χ0v) is 11.6. The van der Waals surface area contributed by atoms with E-state index in [1.165, 1.54) is 38.9 Å². The van der Waals surface area contributed by atoms with Gasteiger partial charge in [-0.15, -0.1) is 0 Å². The maximum atomic E-state index is 3.61. The van der Waals surface area contributed by atoms with Gasteiger partial charge in [-0.1, -0.05) is 27.2 Å². The number of nitrogens with zero attached hydrogens (tertiary/aromatic N) is 1. The molecule has 0 aromatic heterocycles. The first-order valence-corrected chi connectivity index (χ1v) is 7.09. The normalized spacial score (nSPS) is 24.2. The van der Waals surface area contributed by atoms with E-state index in [0.717, 1.165) is 18.4 Å². The lowest BCUT2D eigenvalue weighted by atomic mass is 9.95. The van der Waals surface area contributed by atoms with E-state index >= 15 is 0 Å². The van der Waals surface area contributed by atoms with Crippen LogP contribution in [-0.4, -0.2) is 37.1 Å². The van der Waals surface area contributed by atoms with Gasteiger partial charge in [0.25, 0.3) is 0 Å². The van der Waals surface area contributed by atoms with Gasteiger partial charge in [0.2, 0.25) is 0 Å². The van der Waals surface area contributed by atoms with Crippen molar-refractivity contribution in [2.75, 3.05) is 26.2 Å². The van der Waals surface area contributed by atoms with Crippen LogP contribution in [0.4, 0.5) is 0 Å². The fourth-order valence-corrected chi connectivity index (χ4v) is 2.61. The van der Waals surface area contributed by atoms with Crippen molar-refractivity contribution >= 4 is 0 Å². The molecule has 0 aromatic carbocycles. The van der Waals surface area contributed by atoms with Crippen LogP contribution >= 0.6 is 0 Å². The summed E-state index contributed by atoms with van der Waals surface area (Å²) in [6.07, 6.45) is 3.99. The lowest BCUT2D eigenvalue weighted by Crippen LogP contribution is -2.35. The van der Waals surface area contributed by atoms with E-state index < -0.39 is 0 Å². The summed E-state index contributed by atoms with van der Waals surface area (Å²) in [6.45, 7) is 14.3. The number of nitrogens with one attached hydrogen (secondary N) is 1. The van der Waals surface area contributed by atoms with Gasteiger partial charge in [0.1, 0.15) is 0 Å². The van der Waals surface area contributed by atoms with Gasteiger partial charge < -0.3 is 10.2 Å². The Morgan fingerprint density at radius 3 is 2.62 bits per heavy atom. The smallest absolute Gasteiger partial charge is 0.0107 e. The third kappa shape index (κ3) is 4.84. The quantitative estimate of drug-likeness (QED) is 0.718. The first kappa shape index (κ1) is 14.0. The van der Waals surface area contributed by atoms with E-state index in [-0.39, 0.29) is 0 Å². The molecule has 0 saturated carbocycles. The minimum atomic E-state index is 0.688. The fraction of sp³-hybridized carbons (Fsp3) is 1.00. The van der Waals surface area contributed by atoms with Gasteiger partial charge in [0.05, 0.1) is 0 Å². The lowest BCUT2D eigenvalue weighted by Gasteiger charge is -2.19. The molecule has 0 amide bonds. The molecule has 0 bridgehead atoms. The second kappa shape index (κ2) is 7.29. The molecule has 16 heavy (non-hydrogen) atoms. The highest BCUT2D eigenvalue weighted by Gasteiger charge is 2.24. The SMILES string of the molecule is CCCC(C)NCCN1CCC(C(C)C)C1. The van der Waals surface area contributed by atoms with Gasteiger partial charge in [-0.2, -0.15) is 0 Å². The van der Waals surface area contributed by atoms with Gasteiger partial charge in [-0.25, -0.2) is 0 Å². The summed E-state index contributed by atoms with van der Waals surface area (Å²) in [4.78, 5) is 2.62. The molecule has 1 N–H and O–H groups in total. The number of rotatable bonds is 7. The van der Waals surface area contributed by atoms with Crippen LogP contribution in [-0.2, 0) is 0 Å². The molecule has 2 unspecified atom stereocenters. The van der Waals surface area contributed by atoms with Crippen molar-refractivity contribution in [2.24, 2.45) is 11.8 Å². The van der Waals surface area contributed by atoms with Gasteiger partial charge in [-0.05, 0) is 38.1 Å². The Morgan fingerprint density at radius 1 is 1.31 bits per heavy atom. The molecular weight excluding hydrogens is 196 g/mol. The summed E-state index contributed by atoms with van der Waals surface area (Å²) in [6, 6.07) is 0.688. The average Bonchev–Trinajstić information content (AvgIpc) is 2.67. The fourth-order valence-electron chi connectivity index (χ4n) is 2.61. The molecule has 2 nitrogen and oxygen atoms in total.